The molecule has 0 bridgehead atoms. The summed E-state index contributed by atoms with van der Waals surface area (Å²) in [5.74, 6) is 0.581. The number of ether oxygens (including phenoxy) is 1. The number of nitrogens with zero attached hydrogens (tertiary/aromatic N) is 1. The molecule has 1 N–H and O–H groups in total. The Morgan fingerprint density at radius 2 is 2.00 bits per heavy atom. The van der Waals surface area contributed by atoms with Crippen LogP contribution < -0.4 is 10.1 Å². The Balaban J connectivity index is 1.50. The standard InChI is InChI=1S/C22H22N2O3S/c1-16(24-22(26)11-10-20(25)21-9-5-13-28-21)17-6-4-8-19(14-17)27-15-18-7-2-3-12-23-18/h2-9,12-14,16H,10-11,15H2,1H3,(H,24,26). The lowest BCUT2D eigenvalue weighted by Crippen LogP contribution is -2.26. The van der Waals surface area contributed by atoms with Crippen LogP contribution in [-0.2, 0) is 11.4 Å². The average molecular weight is 394 g/mol. The predicted molar refractivity (Wildman–Crippen MR) is 109 cm³/mol. The van der Waals surface area contributed by atoms with Crippen LogP contribution in [0.15, 0.2) is 66.2 Å². The topological polar surface area (TPSA) is 68.3 Å². The van der Waals surface area contributed by atoms with Gasteiger partial charge >= 0.3 is 0 Å². The largest absolute Gasteiger partial charge is 0.487 e. The molecule has 0 aliphatic rings. The number of nitrogens with one attached hydrogen (secondary N) is 1. The molecule has 0 aliphatic carbocycles. The summed E-state index contributed by atoms with van der Waals surface area (Å²) in [6, 6.07) is 16.7. The van der Waals surface area contributed by atoms with Gasteiger partial charge in [-0.15, -0.1) is 11.3 Å². The molecule has 0 radical (unpaired) electrons. The van der Waals surface area contributed by atoms with Crippen LogP contribution in [0.2, 0.25) is 0 Å². The van der Waals surface area contributed by atoms with Gasteiger partial charge in [0.15, 0.2) is 5.78 Å². The smallest absolute Gasteiger partial charge is 0.220 e. The van der Waals surface area contributed by atoms with Crippen molar-refractivity contribution in [2.24, 2.45) is 0 Å². The second-order valence-electron chi connectivity index (χ2n) is 6.37. The van der Waals surface area contributed by atoms with E-state index in [0.29, 0.717) is 11.5 Å². The Hall–Kier alpha value is -2.99. The van der Waals surface area contributed by atoms with Gasteiger partial charge in [0.05, 0.1) is 16.6 Å². The van der Waals surface area contributed by atoms with E-state index in [1.165, 1.54) is 11.3 Å². The summed E-state index contributed by atoms with van der Waals surface area (Å²) < 4.78 is 5.79. The number of aromatic nitrogens is 1. The molecule has 1 unspecified atom stereocenters. The van der Waals surface area contributed by atoms with E-state index in [4.69, 9.17) is 4.74 Å². The second kappa shape index (κ2) is 9.80. The Morgan fingerprint density at radius 3 is 2.75 bits per heavy atom. The third-order valence-electron chi connectivity index (χ3n) is 4.22. The quantitative estimate of drug-likeness (QED) is 0.540. The highest BCUT2D eigenvalue weighted by molar-refractivity contribution is 7.12. The summed E-state index contributed by atoms with van der Waals surface area (Å²) in [4.78, 5) is 29.1. The monoisotopic (exact) mass is 394 g/mol. The summed E-state index contributed by atoms with van der Waals surface area (Å²) in [5, 5.41) is 4.80. The van der Waals surface area contributed by atoms with Crippen molar-refractivity contribution in [2.75, 3.05) is 0 Å². The van der Waals surface area contributed by atoms with Crippen LogP contribution in [0.4, 0.5) is 0 Å². The Labute approximate surface area is 168 Å². The molecule has 0 saturated heterocycles. The highest BCUT2D eigenvalue weighted by Gasteiger charge is 2.13. The first-order chi connectivity index (χ1) is 13.6. The molecular weight excluding hydrogens is 372 g/mol. The maximum atomic E-state index is 12.2. The Bertz CT molecular complexity index is 911. The van der Waals surface area contributed by atoms with E-state index in [-0.39, 0.29) is 30.6 Å². The summed E-state index contributed by atoms with van der Waals surface area (Å²) in [6.07, 6.45) is 2.12. The van der Waals surface area contributed by atoms with Crippen LogP contribution >= 0.6 is 11.3 Å². The van der Waals surface area contributed by atoms with Gasteiger partial charge in [0, 0.05) is 19.0 Å². The van der Waals surface area contributed by atoms with Crippen LogP contribution in [0.3, 0.4) is 0 Å². The van der Waals surface area contributed by atoms with Gasteiger partial charge in [0.2, 0.25) is 5.91 Å². The molecule has 0 spiro atoms. The van der Waals surface area contributed by atoms with Crippen LogP contribution in [-0.4, -0.2) is 16.7 Å². The van der Waals surface area contributed by atoms with Crippen LogP contribution in [0.25, 0.3) is 0 Å². The minimum Gasteiger partial charge on any atom is -0.487 e. The third-order valence-corrected chi connectivity index (χ3v) is 5.13. The summed E-state index contributed by atoms with van der Waals surface area (Å²) in [7, 11) is 0. The minimum absolute atomic E-state index is 0.00252. The lowest BCUT2D eigenvalue weighted by molar-refractivity contribution is -0.121. The molecule has 1 aromatic carbocycles. The molecule has 6 heteroatoms. The van der Waals surface area contributed by atoms with E-state index in [1.807, 2.05) is 60.8 Å². The van der Waals surface area contributed by atoms with Gasteiger partial charge in [0.1, 0.15) is 12.4 Å². The van der Waals surface area contributed by atoms with E-state index in [1.54, 1.807) is 12.3 Å². The second-order valence-corrected chi connectivity index (χ2v) is 7.32. The highest BCUT2D eigenvalue weighted by atomic mass is 32.1. The van der Waals surface area contributed by atoms with Crippen LogP contribution in [0, 0.1) is 0 Å². The fraction of sp³-hybridized carbons (Fsp3) is 0.227. The molecule has 2 heterocycles. The van der Waals surface area contributed by atoms with Crippen molar-refractivity contribution >= 4 is 23.0 Å². The Kier molecular flexibility index (Phi) is 6.92. The minimum atomic E-state index is -0.178. The van der Waals surface area contributed by atoms with E-state index in [0.717, 1.165) is 17.0 Å². The van der Waals surface area contributed by atoms with E-state index in [2.05, 4.69) is 10.3 Å². The van der Waals surface area contributed by atoms with Crippen molar-refractivity contribution < 1.29 is 14.3 Å². The maximum Gasteiger partial charge on any atom is 0.220 e. The molecule has 3 rings (SSSR count). The summed E-state index contributed by atoms with van der Waals surface area (Å²) >= 11 is 1.40. The van der Waals surface area contributed by atoms with Gasteiger partial charge in [-0.1, -0.05) is 24.3 Å². The summed E-state index contributed by atoms with van der Waals surface area (Å²) in [5.41, 5.74) is 1.79. The van der Waals surface area contributed by atoms with Crippen molar-refractivity contribution in [2.45, 2.75) is 32.4 Å². The molecule has 0 fully saturated rings. The van der Waals surface area contributed by atoms with Gasteiger partial charge in [-0.25, -0.2) is 0 Å². The lowest BCUT2D eigenvalue weighted by atomic mass is 10.1. The fourth-order valence-electron chi connectivity index (χ4n) is 2.70. The van der Waals surface area contributed by atoms with Crippen molar-refractivity contribution in [3.8, 4) is 5.75 Å². The molecule has 0 aliphatic heterocycles. The average Bonchev–Trinajstić information content (AvgIpc) is 3.26. The first-order valence-electron chi connectivity index (χ1n) is 9.10. The molecule has 5 nitrogen and oxygen atoms in total. The number of hydrogen-bond donors (Lipinski definition) is 1. The van der Waals surface area contributed by atoms with Crippen LogP contribution in [0.5, 0.6) is 5.75 Å². The van der Waals surface area contributed by atoms with Crippen molar-refractivity contribution in [1.29, 1.82) is 0 Å². The van der Waals surface area contributed by atoms with E-state index >= 15 is 0 Å². The molecule has 144 valence electrons. The molecule has 1 amide bonds. The zero-order chi connectivity index (χ0) is 19.8. The lowest BCUT2D eigenvalue weighted by Gasteiger charge is -2.15. The molecule has 0 saturated carbocycles. The van der Waals surface area contributed by atoms with Crippen molar-refractivity contribution in [1.82, 2.24) is 10.3 Å². The number of hydrogen-bond acceptors (Lipinski definition) is 5. The van der Waals surface area contributed by atoms with Crippen molar-refractivity contribution in [3.63, 3.8) is 0 Å². The maximum absolute atomic E-state index is 12.2. The Morgan fingerprint density at radius 1 is 1.11 bits per heavy atom. The number of carbonyl (C=O) groups excluding carboxylic acids is 2. The number of amides is 1. The molecule has 3 aromatic rings. The van der Waals surface area contributed by atoms with Gasteiger partial charge in [0.25, 0.3) is 0 Å². The zero-order valence-corrected chi connectivity index (χ0v) is 16.4. The van der Waals surface area contributed by atoms with E-state index in [9.17, 15) is 9.59 Å². The molecule has 1 atom stereocenters. The third kappa shape index (κ3) is 5.76. The number of benzene rings is 1. The van der Waals surface area contributed by atoms with E-state index < -0.39 is 0 Å². The van der Waals surface area contributed by atoms with Crippen LogP contribution in [0.1, 0.15) is 46.7 Å². The number of rotatable bonds is 9. The number of pyridine rings is 1. The number of ketones is 1. The van der Waals surface area contributed by atoms with Gasteiger partial charge in [-0.2, -0.15) is 0 Å². The highest BCUT2D eigenvalue weighted by Crippen LogP contribution is 2.20. The number of carbonyl (C=O) groups is 2. The predicted octanol–water partition coefficient (Wildman–Crippen LogP) is 4.56. The number of thiophene rings is 1. The first kappa shape index (κ1) is 19.8. The fourth-order valence-corrected chi connectivity index (χ4v) is 3.39. The van der Waals surface area contributed by atoms with Gasteiger partial charge in [-0.05, 0) is 48.2 Å². The van der Waals surface area contributed by atoms with Gasteiger partial charge < -0.3 is 10.1 Å². The summed E-state index contributed by atoms with van der Waals surface area (Å²) in [6.45, 7) is 2.30. The normalized spacial score (nSPS) is 11.6. The molecule has 2 aromatic heterocycles. The zero-order valence-electron chi connectivity index (χ0n) is 15.6. The molecular formula is C22H22N2O3S. The molecule has 28 heavy (non-hydrogen) atoms. The van der Waals surface area contributed by atoms with Crippen molar-refractivity contribution in [3.05, 3.63) is 82.3 Å². The first-order valence-corrected chi connectivity index (χ1v) is 9.98. The number of Topliss-reactive ketones (excluding diaryl/α,β-unsaturated/α-hetero) is 1. The van der Waals surface area contributed by atoms with Gasteiger partial charge in [-0.3, -0.25) is 14.6 Å². The SMILES string of the molecule is CC(NC(=O)CCC(=O)c1cccs1)c1cccc(OCc2ccccn2)c1.